The molecule has 0 radical (unpaired) electrons. The maximum absolute atomic E-state index is 12.6. The minimum absolute atomic E-state index is 0.0251. The van der Waals surface area contributed by atoms with Gasteiger partial charge in [0.25, 0.3) is 5.91 Å². The lowest BCUT2D eigenvalue weighted by Crippen LogP contribution is -2.42. The fourth-order valence-electron chi connectivity index (χ4n) is 4.36. The van der Waals surface area contributed by atoms with E-state index in [0.717, 1.165) is 57.4 Å². The molecule has 0 spiro atoms. The molecular formula is C22H31N3O2. The van der Waals surface area contributed by atoms with Crippen LogP contribution in [0, 0.1) is 11.8 Å². The van der Waals surface area contributed by atoms with Crippen molar-refractivity contribution >= 4 is 11.8 Å². The number of hydrogen-bond acceptors (Lipinski definition) is 3. The van der Waals surface area contributed by atoms with Gasteiger partial charge in [-0.15, -0.1) is 0 Å². The SMILES string of the molecule is O=C(NCC1CCN(C(=O)C2CC2)CC1)c1cccc(C2CCCNC2)c1. The molecule has 146 valence electrons. The second-order valence-corrected chi connectivity index (χ2v) is 8.42. The van der Waals surface area contributed by atoms with Crippen molar-refractivity contribution in [2.24, 2.45) is 11.8 Å². The number of carbonyl (C=O) groups is 2. The van der Waals surface area contributed by atoms with E-state index in [9.17, 15) is 9.59 Å². The third-order valence-corrected chi connectivity index (χ3v) is 6.32. The van der Waals surface area contributed by atoms with E-state index in [2.05, 4.69) is 22.8 Å². The van der Waals surface area contributed by atoms with E-state index in [1.807, 2.05) is 17.0 Å². The molecule has 5 nitrogen and oxygen atoms in total. The van der Waals surface area contributed by atoms with Gasteiger partial charge >= 0.3 is 0 Å². The molecule has 1 unspecified atom stereocenters. The molecule has 1 aliphatic carbocycles. The van der Waals surface area contributed by atoms with Gasteiger partial charge in [0.15, 0.2) is 0 Å². The summed E-state index contributed by atoms with van der Waals surface area (Å²) in [5, 5.41) is 6.56. The van der Waals surface area contributed by atoms with Crippen LogP contribution in [0.5, 0.6) is 0 Å². The summed E-state index contributed by atoms with van der Waals surface area (Å²) >= 11 is 0. The average Bonchev–Trinajstić information content (AvgIpc) is 3.58. The fraction of sp³-hybridized carbons (Fsp3) is 0.636. The molecular weight excluding hydrogens is 338 g/mol. The lowest BCUT2D eigenvalue weighted by molar-refractivity contribution is -0.133. The monoisotopic (exact) mass is 369 g/mol. The summed E-state index contributed by atoms with van der Waals surface area (Å²) in [6.45, 7) is 4.50. The Labute approximate surface area is 161 Å². The van der Waals surface area contributed by atoms with Gasteiger partial charge in [-0.05, 0) is 74.6 Å². The number of benzene rings is 1. The number of hydrogen-bond donors (Lipinski definition) is 2. The van der Waals surface area contributed by atoms with Crippen LogP contribution in [0.25, 0.3) is 0 Å². The molecule has 2 saturated heterocycles. The molecule has 0 aromatic heterocycles. The summed E-state index contributed by atoms with van der Waals surface area (Å²) in [6, 6.07) is 8.11. The van der Waals surface area contributed by atoms with Crippen LogP contribution in [0.3, 0.4) is 0 Å². The van der Waals surface area contributed by atoms with Gasteiger partial charge in [0.1, 0.15) is 0 Å². The van der Waals surface area contributed by atoms with Gasteiger partial charge in [-0.25, -0.2) is 0 Å². The van der Waals surface area contributed by atoms with Crippen LogP contribution in [0.1, 0.15) is 60.4 Å². The Hall–Kier alpha value is -1.88. The maximum Gasteiger partial charge on any atom is 0.251 e. The first kappa shape index (κ1) is 18.5. The Balaban J connectivity index is 1.25. The molecule has 2 aliphatic heterocycles. The van der Waals surface area contributed by atoms with Crippen LogP contribution < -0.4 is 10.6 Å². The van der Waals surface area contributed by atoms with Crippen molar-refractivity contribution in [1.29, 1.82) is 0 Å². The van der Waals surface area contributed by atoms with E-state index in [1.165, 1.54) is 18.4 Å². The number of likely N-dealkylation sites (tertiary alicyclic amines) is 1. The Kier molecular flexibility index (Phi) is 5.77. The quantitative estimate of drug-likeness (QED) is 0.838. The van der Waals surface area contributed by atoms with Gasteiger partial charge in [-0.1, -0.05) is 12.1 Å². The van der Waals surface area contributed by atoms with Crippen molar-refractivity contribution in [3.05, 3.63) is 35.4 Å². The van der Waals surface area contributed by atoms with Crippen molar-refractivity contribution in [2.75, 3.05) is 32.7 Å². The summed E-state index contributed by atoms with van der Waals surface area (Å²) in [7, 11) is 0. The summed E-state index contributed by atoms with van der Waals surface area (Å²) in [6.07, 6.45) is 6.52. The highest BCUT2D eigenvalue weighted by Gasteiger charge is 2.34. The van der Waals surface area contributed by atoms with E-state index < -0.39 is 0 Å². The van der Waals surface area contributed by atoms with E-state index in [-0.39, 0.29) is 5.91 Å². The largest absolute Gasteiger partial charge is 0.352 e. The van der Waals surface area contributed by atoms with E-state index in [4.69, 9.17) is 0 Å². The second-order valence-electron chi connectivity index (χ2n) is 8.42. The number of amides is 2. The highest BCUT2D eigenvalue weighted by atomic mass is 16.2. The fourth-order valence-corrected chi connectivity index (χ4v) is 4.36. The van der Waals surface area contributed by atoms with Crippen LogP contribution in [0.4, 0.5) is 0 Å². The zero-order chi connectivity index (χ0) is 18.6. The van der Waals surface area contributed by atoms with E-state index >= 15 is 0 Å². The minimum Gasteiger partial charge on any atom is -0.352 e. The number of rotatable bonds is 5. The Morgan fingerprint density at radius 1 is 1.11 bits per heavy atom. The van der Waals surface area contributed by atoms with Gasteiger partial charge in [0, 0.05) is 37.7 Å². The number of piperidine rings is 2. The Bertz CT molecular complexity index is 672. The predicted molar refractivity (Wildman–Crippen MR) is 106 cm³/mol. The number of nitrogens with one attached hydrogen (secondary N) is 2. The van der Waals surface area contributed by atoms with Gasteiger partial charge in [0.05, 0.1) is 0 Å². The van der Waals surface area contributed by atoms with Crippen LogP contribution in [-0.2, 0) is 4.79 Å². The molecule has 1 aromatic rings. The van der Waals surface area contributed by atoms with Crippen LogP contribution in [0.15, 0.2) is 24.3 Å². The third kappa shape index (κ3) is 4.70. The van der Waals surface area contributed by atoms with E-state index in [1.54, 1.807) is 0 Å². The number of nitrogens with zero attached hydrogens (tertiary/aromatic N) is 1. The van der Waals surface area contributed by atoms with Crippen LogP contribution in [-0.4, -0.2) is 49.4 Å². The van der Waals surface area contributed by atoms with Crippen molar-refractivity contribution in [1.82, 2.24) is 15.5 Å². The summed E-state index contributed by atoms with van der Waals surface area (Å²) in [5.41, 5.74) is 2.03. The van der Waals surface area contributed by atoms with Gasteiger partial charge in [0.2, 0.25) is 5.91 Å². The van der Waals surface area contributed by atoms with Gasteiger partial charge in [-0.3, -0.25) is 9.59 Å². The highest BCUT2D eigenvalue weighted by molar-refractivity contribution is 5.94. The van der Waals surface area contributed by atoms with Crippen molar-refractivity contribution in [3.8, 4) is 0 Å². The molecule has 5 heteroatoms. The average molecular weight is 370 g/mol. The molecule has 2 amide bonds. The van der Waals surface area contributed by atoms with Crippen LogP contribution >= 0.6 is 0 Å². The summed E-state index contributed by atoms with van der Waals surface area (Å²) in [4.78, 5) is 26.8. The Morgan fingerprint density at radius 3 is 2.63 bits per heavy atom. The minimum atomic E-state index is 0.0251. The zero-order valence-corrected chi connectivity index (χ0v) is 16.1. The normalized spacial score (nSPS) is 23.9. The molecule has 1 atom stereocenters. The maximum atomic E-state index is 12.6. The van der Waals surface area contributed by atoms with E-state index in [0.29, 0.717) is 30.2 Å². The molecule has 2 N–H and O–H groups in total. The summed E-state index contributed by atoms with van der Waals surface area (Å²) < 4.78 is 0. The molecule has 3 fully saturated rings. The molecule has 27 heavy (non-hydrogen) atoms. The lowest BCUT2D eigenvalue weighted by Gasteiger charge is -2.32. The van der Waals surface area contributed by atoms with Crippen molar-refractivity contribution < 1.29 is 9.59 Å². The second kappa shape index (κ2) is 8.42. The topological polar surface area (TPSA) is 61.4 Å². The molecule has 4 rings (SSSR count). The lowest BCUT2D eigenvalue weighted by atomic mass is 9.90. The van der Waals surface area contributed by atoms with Crippen LogP contribution in [0.2, 0.25) is 0 Å². The standard InChI is InChI=1S/C22H31N3O2/c26-21(19-4-1-3-18(13-19)20-5-2-10-23-15-20)24-14-16-8-11-25(12-9-16)22(27)17-6-7-17/h1,3-4,13,16-17,20,23H,2,5-12,14-15H2,(H,24,26). The molecule has 0 bridgehead atoms. The first-order chi connectivity index (χ1) is 13.2. The molecule has 2 heterocycles. The number of carbonyl (C=O) groups excluding carboxylic acids is 2. The van der Waals surface area contributed by atoms with Crippen molar-refractivity contribution in [2.45, 2.75) is 44.4 Å². The first-order valence-corrected chi connectivity index (χ1v) is 10.6. The molecule has 1 saturated carbocycles. The Morgan fingerprint density at radius 2 is 1.93 bits per heavy atom. The zero-order valence-electron chi connectivity index (χ0n) is 16.1. The summed E-state index contributed by atoms with van der Waals surface area (Å²) in [5.74, 6) is 1.68. The van der Waals surface area contributed by atoms with Gasteiger partial charge < -0.3 is 15.5 Å². The predicted octanol–water partition coefficient (Wildman–Crippen LogP) is 2.53. The smallest absolute Gasteiger partial charge is 0.251 e. The van der Waals surface area contributed by atoms with Gasteiger partial charge in [-0.2, -0.15) is 0 Å². The highest BCUT2D eigenvalue weighted by Crippen LogP contribution is 2.32. The van der Waals surface area contributed by atoms with Crippen molar-refractivity contribution in [3.63, 3.8) is 0 Å². The third-order valence-electron chi connectivity index (χ3n) is 6.32. The first-order valence-electron chi connectivity index (χ1n) is 10.6. The molecule has 3 aliphatic rings. The molecule has 1 aromatic carbocycles.